The highest BCUT2D eigenvalue weighted by atomic mass is 16.2. The summed E-state index contributed by atoms with van der Waals surface area (Å²) in [5, 5.41) is 5.29. The lowest BCUT2D eigenvalue weighted by atomic mass is 9.98. The summed E-state index contributed by atoms with van der Waals surface area (Å²) in [7, 11) is 0. The van der Waals surface area contributed by atoms with Crippen LogP contribution in [-0.2, 0) is 9.59 Å². The van der Waals surface area contributed by atoms with Crippen molar-refractivity contribution in [2.24, 2.45) is 11.7 Å². The lowest BCUT2D eigenvalue weighted by Crippen LogP contribution is -2.47. The average molecular weight is 270 g/mol. The Kier molecular flexibility index (Phi) is 6.80. The highest BCUT2D eigenvalue weighted by Crippen LogP contribution is 2.17. The van der Waals surface area contributed by atoms with Gasteiger partial charge in [0.2, 0.25) is 11.8 Å². The number of hydrogen-bond donors (Lipinski definition) is 3. The van der Waals surface area contributed by atoms with Gasteiger partial charge < -0.3 is 16.4 Å². The van der Waals surface area contributed by atoms with Gasteiger partial charge in [-0.2, -0.15) is 0 Å². The van der Waals surface area contributed by atoms with E-state index in [4.69, 9.17) is 5.73 Å². The minimum absolute atomic E-state index is 0.000211. The van der Waals surface area contributed by atoms with Gasteiger partial charge >= 0.3 is 0 Å². The Morgan fingerprint density at radius 3 is 2.47 bits per heavy atom. The van der Waals surface area contributed by atoms with E-state index in [9.17, 15) is 9.59 Å². The first-order chi connectivity index (χ1) is 9.02. The van der Waals surface area contributed by atoms with Crippen LogP contribution in [0.1, 0.15) is 26.7 Å². The van der Waals surface area contributed by atoms with E-state index in [1.165, 1.54) is 12.8 Å². The number of hydrogen-bond acceptors (Lipinski definition) is 4. The third kappa shape index (κ3) is 6.02. The van der Waals surface area contributed by atoms with E-state index in [-0.39, 0.29) is 24.9 Å². The van der Waals surface area contributed by atoms with Gasteiger partial charge in [-0.25, -0.2) is 0 Å². The molecule has 1 saturated heterocycles. The van der Waals surface area contributed by atoms with Crippen LogP contribution in [0.3, 0.4) is 0 Å². The van der Waals surface area contributed by atoms with Crippen LogP contribution in [-0.4, -0.2) is 55.5 Å². The van der Waals surface area contributed by atoms with Gasteiger partial charge in [-0.1, -0.05) is 6.92 Å². The zero-order valence-electron chi connectivity index (χ0n) is 11.9. The van der Waals surface area contributed by atoms with Gasteiger partial charge in [0.15, 0.2) is 0 Å². The molecule has 0 radical (unpaired) electrons. The molecule has 0 aliphatic carbocycles. The topological polar surface area (TPSA) is 87.5 Å². The number of amides is 2. The number of carbonyl (C=O) groups excluding carboxylic acids is 2. The molecule has 1 unspecified atom stereocenters. The lowest BCUT2D eigenvalue weighted by molar-refractivity contribution is -0.125. The van der Waals surface area contributed by atoms with Crippen molar-refractivity contribution >= 4 is 11.8 Å². The van der Waals surface area contributed by atoms with E-state index >= 15 is 0 Å². The maximum Gasteiger partial charge on any atom is 0.239 e. The second-order valence-electron chi connectivity index (χ2n) is 5.35. The highest BCUT2D eigenvalue weighted by molar-refractivity contribution is 5.85. The maximum absolute atomic E-state index is 11.5. The molecule has 0 spiro atoms. The van der Waals surface area contributed by atoms with Gasteiger partial charge in [0.25, 0.3) is 0 Å². The minimum Gasteiger partial charge on any atom is -0.353 e. The normalized spacial score (nSPS) is 18.9. The fraction of sp³-hybridized carbons (Fsp3) is 0.846. The molecule has 4 N–H and O–H groups in total. The maximum atomic E-state index is 11.5. The summed E-state index contributed by atoms with van der Waals surface area (Å²) in [6.07, 6.45) is 2.45. The molecule has 6 nitrogen and oxygen atoms in total. The highest BCUT2D eigenvalue weighted by Gasteiger charge is 2.20. The summed E-state index contributed by atoms with van der Waals surface area (Å²) < 4.78 is 0. The van der Waals surface area contributed by atoms with Crippen LogP contribution in [0.2, 0.25) is 0 Å². The predicted molar refractivity (Wildman–Crippen MR) is 74.5 cm³/mol. The molecular formula is C13H26N4O2. The SMILES string of the molecule is CC1CCN(C(C)CNC(=O)CNC(=O)CN)CC1. The predicted octanol–water partition coefficient (Wildman–Crippen LogP) is -0.702. The zero-order valence-corrected chi connectivity index (χ0v) is 11.9. The molecular weight excluding hydrogens is 244 g/mol. The van der Waals surface area contributed by atoms with Crippen molar-refractivity contribution in [1.29, 1.82) is 0 Å². The first kappa shape index (κ1) is 15.9. The molecule has 0 saturated carbocycles. The van der Waals surface area contributed by atoms with E-state index in [1.54, 1.807) is 0 Å². The molecule has 6 heteroatoms. The molecule has 1 atom stereocenters. The van der Waals surface area contributed by atoms with Gasteiger partial charge in [-0.3, -0.25) is 14.5 Å². The smallest absolute Gasteiger partial charge is 0.239 e. The molecule has 2 amide bonds. The van der Waals surface area contributed by atoms with Crippen LogP contribution < -0.4 is 16.4 Å². The number of piperidine rings is 1. The molecule has 0 bridgehead atoms. The van der Waals surface area contributed by atoms with Crippen LogP contribution >= 0.6 is 0 Å². The van der Waals surface area contributed by atoms with Crippen molar-refractivity contribution in [3.8, 4) is 0 Å². The van der Waals surface area contributed by atoms with Crippen LogP contribution in [0.4, 0.5) is 0 Å². The molecule has 0 aromatic carbocycles. The summed E-state index contributed by atoms with van der Waals surface area (Å²) in [6, 6.07) is 0.335. The summed E-state index contributed by atoms with van der Waals surface area (Å²) in [6.45, 7) is 7.13. The van der Waals surface area contributed by atoms with Crippen LogP contribution in [0, 0.1) is 5.92 Å². The molecule has 1 rings (SSSR count). The minimum atomic E-state index is -0.312. The molecule has 1 aliphatic rings. The number of likely N-dealkylation sites (tertiary alicyclic amines) is 1. The molecule has 110 valence electrons. The second-order valence-corrected chi connectivity index (χ2v) is 5.35. The number of carbonyl (C=O) groups is 2. The summed E-state index contributed by atoms with van der Waals surface area (Å²) in [5.41, 5.74) is 5.14. The van der Waals surface area contributed by atoms with E-state index in [1.807, 2.05) is 0 Å². The first-order valence-electron chi connectivity index (χ1n) is 7.00. The Bertz CT molecular complexity index is 301. The van der Waals surface area contributed by atoms with Crippen molar-refractivity contribution < 1.29 is 9.59 Å². The Morgan fingerprint density at radius 1 is 1.26 bits per heavy atom. The van der Waals surface area contributed by atoms with Crippen molar-refractivity contribution in [2.45, 2.75) is 32.7 Å². The molecule has 19 heavy (non-hydrogen) atoms. The monoisotopic (exact) mass is 270 g/mol. The first-order valence-corrected chi connectivity index (χ1v) is 7.00. The van der Waals surface area contributed by atoms with Gasteiger partial charge in [0.05, 0.1) is 13.1 Å². The molecule has 1 heterocycles. The second kappa shape index (κ2) is 8.12. The summed E-state index contributed by atoms with van der Waals surface area (Å²) in [5.74, 6) is 0.330. The third-order valence-electron chi connectivity index (χ3n) is 3.67. The van der Waals surface area contributed by atoms with Crippen molar-refractivity contribution in [3.05, 3.63) is 0 Å². The van der Waals surface area contributed by atoms with Crippen molar-refractivity contribution in [1.82, 2.24) is 15.5 Å². The number of nitrogens with one attached hydrogen (secondary N) is 2. The Labute approximate surface area is 115 Å². The van der Waals surface area contributed by atoms with Gasteiger partial charge in [-0.15, -0.1) is 0 Å². The Morgan fingerprint density at radius 2 is 1.89 bits per heavy atom. The molecule has 1 fully saturated rings. The largest absolute Gasteiger partial charge is 0.353 e. The molecule has 0 aromatic rings. The number of nitrogens with two attached hydrogens (primary N) is 1. The molecule has 1 aliphatic heterocycles. The lowest BCUT2D eigenvalue weighted by Gasteiger charge is -2.35. The van der Waals surface area contributed by atoms with Crippen LogP contribution in [0.15, 0.2) is 0 Å². The van der Waals surface area contributed by atoms with Crippen molar-refractivity contribution in [2.75, 3.05) is 32.7 Å². The fourth-order valence-corrected chi connectivity index (χ4v) is 2.17. The third-order valence-corrected chi connectivity index (χ3v) is 3.67. The molecule has 0 aromatic heterocycles. The van der Waals surface area contributed by atoms with Crippen molar-refractivity contribution in [3.63, 3.8) is 0 Å². The van der Waals surface area contributed by atoms with E-state index in [2.05, 4.69) is 29.4 Å². The zero-order chi connectivity index (χ0) is 14.3. The van der Waals surface area contributed by atoms with Crippen LogP contribution in [0.5, 0.6) is 0 Å². The van der Waals surface area contributed by atoms with E-state index in [0.29, 0.717) is 12.6 Å². The summed E-state index contributed by atoms with van der Waals surface area (Å²) in [4.78, 5) is 24.8. The van der Waals surface area contributed by atoms with Gasteiger partial charge in [0, 0.05) is 12.6 Å². The quantitative estimate of drug-likeness (QED) is 0.595. The number of nitrogens with zero attached hydrogens (tertiary/aromatic N) is 1. The van der Waals surface area contributed by atoms with Crippen LogP contribution in [0.25, 0.3) is 0 Å². The number of rotatable bonds is 6. The standard InChI is InChI=1S/C13H26N4O2/c1-10-3-5-17(6-4-10)11(2)8-15-13(19)9-16-12(18)7-14/h10-11H,3-9,14H2,1-2H3,(H,15,19)(H,16,18). The Hall–Kier alpha value is -1.14. The van der Waals surface area contributed by atoms with Gasteiger partial charge in [-0.05, 0) is 38.8 Å². The van der Waals surface area contributed by atoms with E-state index < -0.39 is 0 Å². The average Bonchev–Trinajstić information content (AvgIpc) is 2.42. The Balaban J connectivity index is 2.17. The fourth-order valence-electron chi connectivity index (χ4n) is 2.17. The summed E-state index contributed by atoms with van der Waals surface area (Å²) >= 11 is 0. The van der Waals surface area contributed by atoms with E-state index in [0.717, 1.165) is 19.0 Å². The van der Waals surface area contributed by atoms with Gasteiger partial charge in [0.1, 0.15) is 0 Å².